The van der Waals surface area contributed by atoms with Crippen LogP contribution in [-0.4, -0.2) is 29.4 Å². The summed E-state index contributed by atoms with van der Waals surface area (Å²) in [7, 11) is -0.682. The molecule has 0 spiro atoms. The molecule has 2 rings (SSSR count). The van der Waals surface area contributed by atoms with E-state index >= 15 is 0 Å². The van der Waals surface area contributed by atoms with E-state index in [1.54, 1.807) is 6.26 Å². The van der Waals surface area contributed by atoms with Crippen LogP contribution in [0.3, 0.4) is 0 Å². The molecule has 1 aromatic carbocycles. The van der Waals surface area contributed by atoms with E-state index < -0.39 is 10.8 Å². The van der Waals surface area contributed by atoms with Crippen LogP contribution in [0.25, 0.3) is 0 Å². The minimum Gasteiger partial charge on any atom is -0.493 e. The molecule has 2 unspecified atom stereocenters. The van der Waals surface area contributed by atoms with E-state index in [1.165, 1.54) is 5.56 Å². The molecular formula is C13H19NO2S. The number of rotatable bonds is 5. The average Bonchev–Trinajstić information content (AvgIpc) is 2.34. The number of nitrogens with one attached hydrogen (secondary N) is 1. The topological polar surface area (TPSA) is 38.3 Å². The molecule has 94 valence electrons. The highest BCUT2D eigenvalue weighted by atomic mass is 32.2. The maximum Gasteiger partial charge on any atom is 0.124 e. The summed E-state index contributed by atoms with van der Waals surface area (Å²) in [4.78, 5) is 0. The first-order chi connectivity index (χ1) is 8.27. The van der Waals surface area contributed by atoms with Gasteiger partial charge in [0.1, 0.15) is 5.75 Å². The predicted molar refractivity (Wildman–Crippen MR) is 70.8 cm³/mol. The first kappa shape index (κ1) is 12.6. The summed E-state index contributed by atoms with van der Waals surface area (Å²) < 4.78 is 16.6. The Kier molecular flexibility index (Phi) is 4.57. The van der Waals surface area contributed by atoms with Gasteiger partial charge in [0, 0.05) is 40.8 Å². The first-order valence-electron chi connectivity index (χ1n) is 6.02. The standard InChI is InChI=1S/C13H19NO2S/c1-17(15)10-4-8-14-12-7-9-16-13-6-3-2-5-11(12)13/h2-3,5-6,12,14H,4,7-10H2,1H3. The van der Waals surface area contributed by atoms with Gasteiger partial charge in [-0.05, 0) is 19.0 Å². The van der Waals surface area contributed by atoms with Gasteiger partial charge in [0.25, 0.3) is 0 Å². The highest BCUT2D eigenvalue weighted by Gasteiger charge is 2.19. The van der Waals surface area contributed by atoms with Crippen LogP contribution in [0.1, 0.15) is 24.4 Å². The first-order valence-corrected chi connectivity index (χ1v) is 7.75. The summed E-state index contributed by atoms with van der Waals surface area (Å²) in [6, 6.07) is 8.56. The van der Waals surface area contributed by atoms with Gasteiger partial charge in [-0.25, -0.2) is 0 Å². The van der Waals surface area contributed by atoms with Crippen LogP contribution in [0, 0.1) is 0 Å². The molecule has 2 atom stereocenters. The Bertz CT molecular complexity index is 395. The number of hydrogen-bond donors (Lipinski definition) is 1. The fourth-order valence-corrected chi connectivity index (χ4v) is 2.66. The molecule has 0 aromatic heterocycles. The number of hydrogen-bond acceptors (Lipinski definition) is 3. The zero-order chi connectivity index (χ0) is 12.1. The minimum absolute atomic E-state index is 0.380. The van der Waals surface area contributed by atoms with Crippen molar-refractivity contribution in [3.63, 3.8) is 0 Å². The zero-order valence-corrected chi connectivity index (χ0v) is 11.0. The number of ether oxygens (including phenoxy) is 1. The minimum atomic E-state index is -0.682. The molecule has 0 aliphatic carbocycles. The van der Waals surface area contributed by atoms with E-state index in [1.807, 2.05) is 18.2 Å². The van der Waals surface area contributed by atoms with Crippen molar-refractivity contribution >= 4 is 10.8 Å². The molecule has 0 radical (unpaired) electrons. The monoisotopic (exact) mass is 253 g/mol. The van der Waals surface area contributed by atoms with Crippen LogP contribution in [0.5, 0.6) is 5.75 Å². The van der Waals surface area contributed by atoms with Gasteiger partial charge in [-0.1, -0.05) is 18.2 Å². The Labute approximate surface area is 105 Å². The number of fused-ring (bicyclic) bond motifs is 1. The van der Waals surface area contributed by atoms with Crippen molar-refractivity contribution < 1.29 is 8.95 Å². The molecule has 0 amide bonds. The maximum absolute atomic E-state index is 11.0. The Morgan fingerprint density at radius 3 is 3.12 bits per heavy atom. The second-order valence-corrected chi connectivity index (χ2v) is 5.87. The van der Waals surface area contributed by atoms with Gasteiger partial charge >= 0.3 is 0 Å². The molecule has 0 saturated heterocycles. The second kappa shape index (κ2) is 6.17. The lowest BCUT2D eigenvalue weighted by molar-refractivity contribution is 0.253. The normalized spacial score (nSPS) is 20.4. The fourth-order valence-electron chi connectivity index (χ4n) is 2.11. The number of para-hydroxylation sites is 1. The zero-order valence-electron chi connectivity index (χ0n) is 10.1. The summed E-state index contributed by atoms with van der Waals surface area (Å²) in [6.07, 6.45) is 3.72. The highest BCUT2D eigenvalue weighted by Crippen LogP contribution is 2.31. The van der Waals surface area contributed by atoms with Crippen molar-refractivity contribution in [3.05, 3.63) is 29.8 Å². The van der Waals surface area contributed by atoms with E-state index in [4.69, 9.17) is 4.74 Å². The SMILES string of the molecule is CS(=O)CCCNC1CCOc2ccccc21. The van der Waals surface area contributed by atoms with Gasteiger partial charge in [0.05, 0.1) is 6.61 Å². The third-order valence-corrected chi connectivity index (χ3v) is 3.82. The van der Waals surface area contributed by atoms with E-state index in [9.17, 15) is 4.21 Å². The van der Waals surface area contributed by atoms with Gasteiger partial charge in [0.15, 0.2) is 0 Å². The van der Waals surface area contributed by atoms with Gasteiger partial charge in [-0.2, -0.15) is 0 Å². The van der Waals surface area contributed by atoms with Crippen molar-refractivity contribution in [3.8, 4) is 5.75 Å². The molecule has 0 bridgehead atoms. The highest BCUT2D eigenvalue weighted by molar-refractivity contribution is 7.84. The largest absolute Gasteiger partial charge is 0.493 e. The summed E-state index contributed by atoms with van der Waals surface area (Å²) in [5.41, 5.74) is 1.25. The lowest BCUT2D eigenvalue weighted by Crippen LogP contribution is -2.28. The molecule has 3 nitrogen and oxygen atoms in total. The van der Waals surface area contributed by atoms with E-state index in [2.05, 4.69) is 11.4 Å². The van der Waals surface area contributed by atoms with Crippen molar-refractivity contribution in [1.29, 1.82) is 0 Å². The summed E-state index contributed by atoms with van der Waals surface area (Å²) >= 11 is 0. The van der Waals surface area contributed by atoms with Crippen LogP contribution in [-0.2, 0) is 10.8 Å². The van der Waals surface area contributed by atoms with Crippen molar-refractivity contribution in [2.24, 2.45) is 0 Å². The van der Waals surface area contributed by atoms with Crippen molar-refractivity contribution in [2.75, 3.05) is 25.2 Å². The fraction of sp³-hybridized carbons (Fsp3) is 0.538. The van der Waals surface area contributed by atoms with Crippen LogP contribution in [0.4, 0.5) is 0 Å². The molecule has 0 saturated carbocycles. The van der Waals surface area contributed by atoms with Gasteiger partial charge in [0.2, 0.25) is 0 Å². The number of benzene rings is 1. The van der Waals surface area contributed by atoms with Crippen LogP contribution in [0.2, 0.25) is 0 Å². The molecule has 1 heterocycles. The predicted octanol–water partition coefficient (Wildman–Crippen LogP) is 1.87. The summed E-state index contributed by atoms with van der Waals surface area (Å²) in [5, 5.41) is 3.52. The van der Waals surface area contributed by atoms with E-state index in [0.717, 1.165) is 37.5 Å². The molecule has 1 N–H and O–H groups in total. The molecule has 0 fully saturated rings. The molecule has 1 aliphatic rings. The van der Waals surface area contributed by atoms with Crippen LogP contribution >= 0.6 is 0 Å². The summed E-state index contributed by atoms with van der Waals surface area (Å²) in [6.45, 7) is 1.69. The lowest BCUT2D eigenvalue weighted by atomic mass is 10.0. The molecular weight excluding hydrogens is 234 g/mol. The Morgan fingerprint density at radius 2 is 2.29 bits per heavy atom. The quantitative estimate of drug-likeness (QED) is 0.814. The van der Waals surface area contributed by atoms with Crippen molar-refractivity contribution in [2.45, 2.75) is 18.9 Å². The van der Waals surface area contributed by atoms with Gasteiger partial charge < -0.3 is 10.1 Å². The Morgan fingerprint density at radius 1 is 1.47 bits per heavy atom. The Hall–Kier alpha value is -0.870. The van der Waals surface area contributed by atoms with Gasteiger partial charge in [-0.3, -0.25) is 4.21 Å². The van der Waals surface area contributed by atoms with Gasteiger partial charge in [-0.15, -0.1) is 0 Å². The maximum atomic E-state index is 11.0. The van der Waals surface area contributed by atoms with Crippen LogP contribution < -0.4 is 10.1 Å². The molecule has 4 heteroatoms. The third kappa shape index (κ3) is 3.54. The Balaban J connectivity index is 1.88. The molecule has 1 aromatic rings. The summed E-state index contributed by atoms with van der Waals surface area (Å²) in [5.74, 6) is 1.77. The third-order valence-electron chi connectivity index (χ3n) is 2.96. The van der Waals surface area contributed by atoms with E-state index in [0.29, 0.717) is 6.04 Å². The van der Waals surface area contributed by atoms with Crippen molar-refractivity contribution in [1.82, 2.24) is 5.32 Å². The van der Waals surface area contributed by atoms with E-state index in [-0.39, 0.29) is 0 Å². The average molecular weight is 253 g/mol. The lowest BCUT2D eigenvalue weighted by Gasteiger charge is -2.26. The molecule has 17 heavy (non-hydrogen) atoms. The second-order valence-electron chi connectivity index (χ2n) is 4.31. The molecule has 1 aliphatic heterocycles. The van der Waals surface area contributed by atoms with Crippen LogP contribution in [0.15, 0.2) is 24.3 Å². The smallest absolute Gasteiger partial charge is 0.124 e.